The fourth-order valence-electron chi connectivity index (χ4n) is 1.84. The molecule has 6 heteroatoms. The standard InChI is InChI=1S/C14H18N4O2/c1-4-15-13-5-9(2)16-8-12(13)14(19)17-7-11-6-10(3)20-18-11/h5-6,8H,4,7H2,1-3H3,(H,15,16)(H,17,19). The zero-order chi connectivity index (χ0) is 14.5. The van der Waals surface area contributed by atoms with Crippen LogP contribution in [0.2, 0.25) is 0 Å². The van der Waals surface area contributed by atoms with Gasteiger partial charge in [0.2, 0.25) is 0 Å². The van der Waals surface area contributed by atoms with Gasteiger partial charge in [0.25, 0.3) is 5.91 Å². The Kier molecular flexibility index (Phi) is 4.34. The molecule has 106 valence electrons. The SMILES string of the molecule is CCNc1cc(C)ncc1C(=O)NCc1cc(C)on1. The maximum absolute atomic E-state index is 12.2. The molecule has 0 saturated carbocycles. The van der Waals surface area contributed by atoms with E-state index in [1.54, 1.807) is 12.3 Å². The summed E-state index contributed by atoms with van der Waals surface area (Å²) < 4.78 is 4.95. The Bertz CT molecular complexity index is 607. The molecule has 0 aliphatic rings. The summed E-state index contributed by atoms with van der Waals surface area (Å²) >= 11 is 0. The Morgan fingerprint density at radius 3 is 2.80 bits per heavy atom. The minimum Gasteiger partial charge on any atom is -0.385 e. The number of carbonyl (C=O) groups is 1. The number of anilines is 1. The summed E-state index contributed by atoms with van der Waals surface area (Å²) in [7, 11) is 0. The summed E-state index contributed by atoms with van der Waals surface area (Å²) in [5.74, 6) is 0.536. The summed E-state index contributed by atoms with van der Waals surface area (Å²) in [5, 5.41) is 9.80. The van der Waals surface area contributed by atoms with Crippen LogP contribution < -0.4 is 10.6 Å². The van der Waals surface area contributed by atoms with Gasteiger partial charge in [0.05, 0.1) is 17.8 Å². The number of rotatable bonds is 5. The molecule has 2 aromatic heterocycles. The summed E-state index contributed by atoms with van der Waals surface area (Å²) in [5.41, 5.74) is 2.87. The molecule has 0 spiro atoms. The van der Waals surface area contributed by atoms with Crippen molar-refractivity contribution in [1.82, 2.24) is 15.5 Å². The van der Waals surface area contributed by atoms with Crippen molar-refractivity contribution in [2.24, 2.45) is 0 Å². The first kappa shape index (κ1) is 14.0. The molecular formula is C14H18N4O2. The molecule has 0 aliphatic carbocycles. The van der Waals surface area contributed by atoms with Crippen LogP contribution >= 0.6 is 0 Å². The molecular weight excluding hydrogens is 256 g/mol. The van der Waals surface area contributed by atoms with E-state index in [4.69, 9.17) is 4.52 Å². The van der Waals surface area contributed by atoms with Crippen molar-refractivity contribution >= 4 is 11.6 Å². The van der Waals surface area contributed by atoms with E-state index in [2.05, 4.69) is 20.8 Å². The summed E-state index contributed by atoms with van der Waals surface area (Å²) in [4.78, 5) is 16.3. The third-order valence-corrected chi connectivity index (χ3v) is 2.76. The number of pyridine rings is 1. The van der Waals surface area contributed by atoms with E-state index in [1.807, 2.05) is 26.8 Å². The van der Waals surface area contributed by atoms with Crippen molar-refractivity contribution < 1.29 is 9.32 Å². The third-order valence-electron chi connectivity index (χ3n) is 2.76. The van der Waals surface area contributed by atoms with Crippen molar-refractivity contribution in [3.8, 4) is 0 Å². The van der Waals surface area contributed by atoms with Gasteiger partial charge in [-0.1, -0.05) is 5.16 Å². The van der Waals surface area contributed by atoms with Crippen LogP contribution in [-0.2, 0) is 6.54 Å². The van der Waals surface area contributed by atoms with Crippen LogP contribution in [0.5, 0.6) is 0 Å². The highest BCUT2D eigenvalue weighted by Gasteiger charge is 2.12. The third kappa shape index (κ3) is 3.34. The Morgan fingerprint density at radius 2 is 2.15 bits per heavy atom. The van der Waals surface area contributed by atoms with Crippen molar-refractivity contribution in [2.45, 2.75) is 27.3 Å². The van der Waals surface area contributed by atoms with Gasteiger partial charge >= 0.3 is 0 Å². The van der Waals surface area contributed by atoms with Crippen LogP contribution in [-0.4, -0.2) is 22.6 Å². The van der Waals surface area contributed by atoms with Crippen LogP contribution in [0.25, 0.3) is 0 Å². The lowest BCUT2D eigenvalue weighted by Crippen LogP contribution is -2.24. The van der Waals surface area contributed by atoms with E-state index in [0.29, 0.717) is 17.8 Å². The van der Waals surface area contributed by atoms with Crippen LogP contribution in [0.1, 0.15) is 34.4 Å². The highest BCUT2D eigenvalue weighted by atomic mass is 16.5. The molecule has 0 aromatic carbocycles. The zero-order valence-corrected chi connectivity index (χ0v) is 11.9. The number of hydrogen-bond donors (Lipinski definition) is 2. The molecule has 0 saturated heterocycles. The summed E-state index contributed by atoms with van der Waals surface area (Å²) in [6, 6.07) is 3.65. The lowest BCUT2D eigenvalue weighted by Gasteiger charge is -2.10. The van der Waals surface area contributed by atoms with E-state index in [9.17, 15) is 4.79 Å². The van der Waals surface area contributed by atoms with Crippen LogP contribution in [0.15, 0.2) is 22.9 Å². The topological polar surface area (TPSA) is 80.0 Å². The van der Waals surface area contributed by atoms with Crippen LogP contribution in [0, 0.1) is 13.8 Å². The molecule has 0 atom stereocenters. The van der Waals surface area contributed by atoms with E-state index in [0.717, 1.165) is 23.7 Å². The van der Waals surface area contributed by atoms with Crippen molar-refractivity contribution in [3.63, 3.8) is 0 Å². The molecule has 0 fully saturated rings. The number of nitrogens with one attached hydrogen (secondary N) is 2. The maximum Gasteiger partial charge on any atom is 0.255 e. The van der Waals surface area contributed by atoms with E-state index in [1.165, 1.54) is 0 Å². The normalized spacial score (nSPS) is 10.3. The van der Waals surface area contributed by atoms with Gasteiger partial charge in [-0.15, -0.1) is 0 Å². The molecule has 0 radical (unpaired) electrons. The molecule has 0 unspecified atom stereocenters. The maximum atomic E-state index is 12.2. The molecule has 0 bridgehead atoms. The van der Waals surface area contributed by atoms with Gasteiger partial charge in [-0.3, -0.25) is 9.78 Å². The minimum atomic E-state index is -0.186. The van der Waals surface area contributed by atoms with E-state index >= 15 is 0 Å². The highest BCUT2D eigenvalue weighted by Crippen LogP contribution is 2.15. The fraction of sp³-hybridized carbons (Fsp3) is 0.357. The number of carbonyl (C=O) groups excluding carboxylic acids is 1. The lowest BCUT2D eigenvalue weighted by atomic mass is 10.2. The van der Waals surface area contributed by atoms with E-state index < -0.39 is 0 Å². The van der Waals surface area contributed by atoms with Crippen molar-refractivity contribution in [2.75, 3.05) is 11.9 Å². The molecule has 20 heavy (non-hydrogen) atoms. The highest BCUT2D eigenvalue weighted by molar-refractivity contribution is 5.99. The smallest absolute Gasteiger partial charge is 0.255 e. The second-order valence-corrected chi connectivity index (χ2v) is 4.51. The van der Waals surface area contributed by atoms with Gasteiger partial charge in [-0.2, -0.15) is 0 Å². The quantitative estimate of drug-likeness (QED) is 0.872. The molecule has 2 aromatic rings. The Hall–Kier alpha value is -2.37. The first-order chi connectivity index (χ1) is 9.60. The molecule has 2 heterocycles. The second kappa shape index (κ2) is 6.18. The molecule has 0 aliphatic heterocycles. The van der Waals surface area contributed by atoms with Gasteiger partial charge in [-0.05, 0) is 26.8 Å². The number of amides is 1. The average Bonchev–Trinajstić information content (AvgIpc) is 2.82. The molecule has 6 nitrogen and oxygen atoms in total. The van der Waals surface area contributed by atoms with Gasteiger partial charge in [0.1, 0.15) is 11.5 Å². The van der Waals surface area contributed by atoms with Gasteiger partial charge in [0, 0.05) is 24.5 Å². The van der Waals surface area contributed by atoms with E-state index in [-0.39, 0.29) is 5.91 Å². The van der Waals surface area contributed by atoms with Gasteiger partial charge in [0.15, 0.2) is 0 Å². The minimum absolute atomic E-state index is 0.186. The van der Waals surface area contributed by atoms with Crippen LogP contribution in [0.4, 0.5) is 5.69 Å². The first-order valence-corrected chi connectivity index (χ1v) is 6.51. The number of aryl methyl sites for hydroxylation is 2. The lowest BCUT2D eigenvalue weighted by molar-refractivity contribution is 0.0950. The second-order valence-electron chi connectivity index (χ2n) is 4.51. The largest absolute Gasteiger partial charge is 0.385 e. The summed E-state index contributed by atoms with van der Waals surface area (Å²) in [6.45, 7) is 6.75. The Balaban J connectivity index is 2.08. The number of nitrogens with zero attached hydrogens (tertiary/aromatic N) is 2. The molecule has 2 rings (SSSR count). The molecule has 1 amide bonds. The Morgan fingerprint density at radius 1 is 1.35 bits per heavy atom. The monoisotopic (exact) mass is 274 g/mol. The first-order valence-electron chi connectivity index (χ1n) is 6.51. The van der Waals surface area contributed by atoms with Gasteiger partial charge < -0.3 is 15.2 Å². The predicted octanol–water partition coefficient (Wildman–Crippen LogP) is 2.05. The fourth-order valence-corrected chi connectivity index (χ4v) is 1.84. The number of aromatic nitrogens is 2. The molecule has 2 N–H and O–H groups in total. The summed E-state index contributed by atoms with van der Waals surface area (Å²) in [6.07, 6.45) is 1.58. The Labute approximate surface area is 117 Å². The zero-order valence-electron chi connectivity index (χ0n) is 11.9. The average molecular weight is 274 g/mol. The van der Waals surface area contributed by atoms with Crippen molar-refractivity contribution in [1.29, 1.82) is 0 Å². The van der Waals surface area contributed by atoms with Crippen LogP contribution in [0.3, 0.4) is 0 Å². The van der Waals surface area contributed by atoms with Crippen molar-refractivity contribution in [3.05, 3.63) is 41.0 Å². The number of hydrogen-bond acceptors (Lipinski definition) is 5. The predicted molar refractivity (Wildman–Crippen MR) is 75.5 cm³/mol. The van der Waals surface area contributed by atoms with Gasteiger partial charge in [-0.25, -0.2) is 0 Å².